The third-order valence-electron chi connectivity index (χ3n) is 1.61. The highest BCUT2D eigenvalue weighted by molar-refractivity contribution is 5.64. The second-order valence-electron chi connectivity index (χ2n) is 2.63. The first kappa shape index (κ1) is 10.5. The van der Waals surface area contributed by atoms with Crippen LogP contribution in [0.25, 0.3) is 0 Å². The van der Waals surface area contributed by atoms with Crippen LogP contribution in [0.15, 0.2) is 30.3 Å². The quantitative estimate of drug-likeness (QED) is 0.745. The molecule has 0 radical (unpaired) electrons. The van der Waals surface area contributed by atoms with Crippen molar-refractivity contribution in [2.45, 2.75) is 13.2 Å². The van der Waals surface area contributed by atoms with Gasteiger partial charge in [-0.15, -0.1) is 0 Å². The third kappa shape index (κ3) is 3.06. The fraction of sp³-hybridized carbons (Fsp3) is 0.300. The van der Waals surface area contributed by atoms with E-state index in [0.717, 1.165) is 5.56 Å². The van der Waals surface area contributed by atoms with Crippen molar-refractivity contribution < 1.29 is 14.3 Å². The molecular weight excluding hydrogens is 182 g/mol. The SMILES string of the molecule is CCOC(OC(N)=O)c1ccccc1. The Morgan fingerprint density at radius 2 is 2.07 bits per heavy atom. The third-order valence-corrected chi connectivity index (χ3v) is 1.61. The lowest BCUT2D eigenvalue weighted by Crippen LogP contribution is -2.19. The highest BCUT2D eigenvalue weighted by atomic mass is 16.7. The van der Waals surface area contributed by atoms with Gasteiger partial charge in [0.2, 0.25) is 6.29 Å². The number of nitrogens with two attached hydrogens (primary N) is 1. The molecule has 0 spiro atoms. The maximum absolute atomic E-state index is 10.6. The fourth-order valence-electron chi connectivity index (χ4n) is 1.07. The largest absolute Gasteiger partial charge is 0.415 e. The number of hydrogen-bond acceptors (Lipinski definition) is 3. The molecule has 0 aromatic heterocycles. The molecule has 0 fully saturated rings. The smallest absolute Gasteiger partial charge is 0.407 e. The number of amides is 1. The molecule has 1 amide bonds. The van der Waals surface area contributed by atoms with Crippen molar-refractivity contribution in [2.24, 2.45) is 5.73 Å². The van der Waals surface area contributed by atoms with E-state index in [1.165, 1.54) is 0 Å². The Labute approximate surface area is 82.6 Å². The molecule has 4 nitrogen and oxygen atoms in total. The highest BCUT2D eigenvalue weighted by Crippen LogP contribution is 2.17. The Hall–Kier alpha value is -1.55. The van der Waals surface area contributed by atoms with Crippen molar-refractivity contribution in [3.63, 3.8) is 0 Å². The normalized spacial score (nSPS) is 12.1. The molecule has 1 aromatic rings. The molecule has 2 N–H and O–H groups in total. The van der Waals surface area contributed by atoms with Gasteiger partial charge in [0, 0.05) is 12.2 Å². The van der Waals surface area contributed by atoms with Gasteiger partial charge in [0.05, 0.1) is 0 Å². The van der Waals surface area contributed by atoms with E-state index in [1.807, 2.05) is 37.3 Å². The lowest BCUT2D eigenvalue weighted by Gasteiger charge is -2.16. The first-order valence-electron chi connectivity index (χ1n) is 4.36. The van der Waals surface area contributed by atoms with Crippen LogP contribution < -0.4 is 5.73 Å². The summed E-state index contributed by atoms with van der Waals surface area (Å²) in [4.78, 5) is 10.6. The van der Waals surface area contributed by atoms with E-state index in [0.29, 0.717) is 6.61 Å². The summed E-state index contributed by atoms with van der Waals surface area (Å²) in [5.41, 5.74) is 5.69. The van der Waals surface area contributed by atoms with E-state index in [2.05, 4.69) is 0 Å². The summed E-state index contributed by atoms with van der Waals surface area (Å²) in [7, 11) is 0. The number of benzene rings is 1. The van der Waals surface area contributed by atoms with Crippen molar-refractivity contribution in [3.05, 3.63) is 35.9 Å². The highest BCUT2D eigenvalue weighted by Gasteiger charge is 2.13. The number of carbonyl (C=O) groups excluding carboxylic acids is 1. The number of carbonyl (C=O) groups is 1. The van der Waals surface area contributed by atoms with Crippen LogP contribution in [0, 0.1) is 0 Å². The van der Waals surface area contributed by atoms with Crippen LogP contribution in [0.1, 0.15) is 18.8 Å². The van der Waals surface area contributed by atoms with Crippen LogP contribution in [-0.2, 0) is 9.47 Å². The van der Waals surface area contributed by atoms with Gasteiger partial charge in [0.15, 0.2) is 0 Å². The summed E-state index contributed by atoms with van der Waals surface area (Å²) in [6, 6.07) is 9.17. The molecule has 14 heavy (non-hydrogen) atoms. The van der Waals surface area contributed by atoms with Crippen LogP contribution in [-0.4, -0.2) is 12.7 Å². The number of primary amides is 1. The molecule has 1 rings (SSSR count). The first-order chi connectivity index (χ1) is 6.74. The van der Waals surface area contributed by atoms with E-state index in [1.54, 1.807) is 0 Å². The lowest BCUT2D eigenvalue weighted by molar-refractivity contribution is -0.101. The molecule has 4 heteroatoms. The summed E-state index contributed by atoms with van der Waals surface area (Å²) in [6.45, 7) is 2.27. The van der Waals surface area contributed by atoms with Crippen LogP contribution in [0.5, 0.6) is 0 Å². The van der Waals surface area contributed by atoms with E-state index < -0.39 is 12.4 Å². The maximum atomic E-state index is 10.6. The van der Waals surface area contributed by atoms with E-state index >= 15 is 0 Å². The van der Waals surface area contributed by atoms with E-state index in [4.69, 9.17) is 15.2 Å². The minimum Gasteiger partial charge on any atom is -0.415 e. The molecule has 0 saturated carbocycles. The fourth-order valence-corrected chi connectivity index (χ4v) is 1.07. The summed E-state index contributed by atoms with van der Waals surface area (Å²) >= 11 is 0. The van der Waals surface area contributed by atoms with E-state index in [-0.39, 0.29) is 0 Å². The van der Waals surface area contributed by atoms with Crippen molar-refractivity contribution in [2.75, 3.05) is 6.61 Å². The van der Waals surface area contributed by atoms with Crippen LogP contribution in [0.2, 0.25) is 0 Å². The van der Waals surface area contributed by atoms with Gasteiger partial charge < -0.3 is 15.2 Å². The van der Waals surface area contributed by atoms with Crippen LogP contribution in [0.4, 0.5) is 4.79 Å². The molecule has 76 valence electrons. The molecule has 1 unspecified atom stereocenters. The lowest BCUT2D eigenvalue weighted by atomic mass is 10.2. The molecule has 1 atom stereocenters. The molecule has 0 aliphatic rings. The Morgan fingerprint density at radius 3 is 2.57 bits per heavy atom. The van der Waals surface area contributed by atoms with Crippen LogP contribution >= 0.6 is 0 Å². The van der Waals surface area contributed by atoms with Gasteiger partial charge in [0.1, 0.15) is 0 Å². The van der Waals surface area contributed by atoms with Gasteiger partial charge in [-0.2, -0.15) is 0 Å². The molecule has 0 saturated heterocycles. The Balaban J connectivity index is 2.72. The summed E-state index contributed by atoms with van der Waals surface area (Å²) in [6.07, 6.45) is -1.55. The molecule has 0 bridgehead atoms. The van der Waals surface area contributed by atoms with Gasteiger partial charge in [-0.1, -0.05) is 30.3 Å². The first-order valence-corrected chi connectivity index (χ1v) is 4.36. The van der Waals surface area contributed by atoms with Crippen molar-refractivity contribution in [3.8, 4) is 0 Å². The molecular formula is C10H13NO3. The average Bonchev–Trinajstić information content (AvgIpc) is 2.18. The zero-order valence-electron chi connectivity index (χ0n) is 7.97. The molecule has 0 aliphatic carbocycles. The van der Waals surface area contributed by atoms with Crippen molar-refractivity contribution in [1.29, 1.82) is 0 Å². The van der Waals surface area contributed by atoms with Crippen LogP contribution in [0.3, 0.4) is 0 Å². The minimum absolute atomic E-state index is 0.451. The van der Waals surface area contributed by atoms with E-state index in [9.17, 15) is 4.79 Å². The monoisotopic (exact) mass is 195 g/mol. The van der Waals surface area contributed by atoms with Gasteiger partial charge in [-0.25, -0.2) is 4.79 Å². The zero-order chi connectivity index (χ0) is 10.4. The molecule has 1 aromatic carbocycles. The Kier molecular flexibility index (Phi) is 3.94. The van der Waals surface area contributed by atoms with Gasteiger partial charge >= 0.3 is 6.09 Å². The van der Waals surface area contributed by atoms with Crippen molar-refractivity contribution in [1.82, 2.24) is 0 Å². The van der Waals surface area contributed by atoms with Gasteiger partial charge in [-0.3, -0.25) is 0 Å². The second kappa shape index (κ2) is 5.24. The Bertz CT molecular complexity index is 287. The minimum atomic E-state index is -0.840. The van der Waals surface area contributed by atoms with Gasteiger partial charge in [0.25, 0.3) is 0 Å². The summed E-state index contributed by atoms with van der Waals surface area (Å²) < 4.78 is 10.0. The predicted octanol–water partition coefficient (Wildman–Crippen LogP) is 1.82. The van der Waals surface area contributed by atoms with Crippen molar-refractivity contribution >= 4 is 6.09 Å². The maximum Gasteiger partial charge on any atom is 0.407 e. The molecule has 0 heterocycles. The topological polar surface area (TPSA) is 61.6 Å². The zero-order valence-corrected chi connectivity index (χ0v) is 7.97. The number of ether oxygens (including phenoxy) is 2. The molecule has 0 aliphatic heterocycles. The number of rotatable bonds is 4. The summed E-state index contributed by atoms with van der Waals surface area (Å²) in [5, 5.41) is 0. The standard InChI is InChI=1S/C10H13NO3/c1-2-13-9(14-10(11)12)8-6-4-3-5-7-8/h3-7,9H,2H2,1H3,(H2,11,12). The Morgan fingerprint density at radius 1 is 1.43 bits per heavy atom. The summed E-state index contributed by atoms with van der Waals surface area (Å²) in [5.74, 6) is 0. The second-order valence-corrected chi connectivity index (χ2v) is 2.63. The predicted molar refractivity (Wildman–Crippen MR) is 51.5 cm³/mol. The number of hydrogen-bond donors (Lipinski definition) is 1. The average molecular weight is 195 g/mol. The van der Waals surface area contributed by atoms with Gasteiger partial charge in [-0.05, 0) is 6.92 Å².